The van der Waals surface area contributed by atoms with Crippen molar-refractivity contribution in [1.29, 1.82) is 0 Å². The van der Waals surface area contributed by atoms with E-state index in [0.29, 0.717) is 11.3 Å². The van der Waals surface area contributed by atoms with Crippen LogP contribution in [0.3, 0.4) is 0 Å². The van der Waals surface area contributed by atoms with E-state index in [0.717, 1.165) is 34.1 Å². The van der Waals surface area contributed by atoms with Gasteiger partial charge in [-0.05, 0) is 23.5 Å². The van der Waals surface area contributed by atoms with Crippen LogP contribution in [-0.4, -0.2) is 77.5 Å². The van der Waals surface area contributed by atoms with Gasteiger partial charge >= 0.3 is 28.9 Å². The first-order valence-corrected chi connectivity index (χ1v) is 12.1. The van der Waals surface area contributed by atoms with Crippen molar-refractivity contribution in [3.8, 4) is 5.75 Å². The molecule has 1 aliphatic rings. The number of esters is 4. The predicted molar refractivity (Wildman–Crippen MR) is 131 cm³/mol. The summed E-state index contributed by atoms with van der Waals surface area (Å²) in [5.74, 6) is -4.57. The van der Waals surface area contributed by atoms with Crippen molar-refractivity contribution in [1.82, 2.24) is 4.98 Å². The average Bonchev–Trinajstić information content (AvgIpc) is 3.35. The number of hydrogen-bond acceptors (Lipinski definition) is 15. The van der Waals surface area contributed by atoms with Gasteiger partial charge in [-0.25, -0.2) is 9.78 Å². The van der Waals surface area contributed by atoms with Crippen molar-refractivity contribution in [3.05, 3.63) is 46.1 Å². The second-order valence-corrected chi connectivity index (χ2v) is 9.01. The number of thiazole rings is 1. The molecule has 1 amide bonds. The summed E-state index contributed by atoms with van der Waals surface area (Å²) in [6.45, 7) is 3.12. The Kier molecular flexibility index (Phi) is 9.68. The van der Waals surface area contributed by atoms with Gasteiger partial charge in [0.1, 0.15) is 11.9 Å². The molecule has 0 unspecified atom stereocenters. The number of rotatable bonds is 9. The summed E-state index contributed by atoms with van der Waals surface area (Å²) in [7, 11) is 1.04. The fourth-order valence-electron chi connectivity index (χ4n) is 3.63. The van der Waals surface area contributed by atoms with Crippen molar-refractivity contribution < 1.29 is 57.3 Å². The quantitative estimate of drug-likeness (QED) is 0.192. The summed E-state index contributed by atoms with van der Waals surface area (Å²) in [5.41, 5.74) is -0.105. The topological polar surface area (TPSA) is 209 Å². The van der Waals surface area contributed by atoms with E-state index < -0.39 is 65.4 Å². The fourth-order valence-corrected chi connectivity index (χ4v) is 4.26. The molecule has 1 aromatic heterocycles. The van der Waals surface area contributed by atoms with E-state index in [2.05, 4.69) is 10.3 Å². The molecule has 40 heavy (non-hydrogen) atoms. The highest BCUT2D eigenvalue weighted by molar-refractivity contribution is 7.18. The molecule has 3 rings (SSSR count). The lowest BCUT2D eigenvalue weighted by molar-refractivity contribution is -0.380. The minimum Gasteiger partial charge on any atom is -0.467 e. The molecule has 0 saturated carbocycles. The van der Waals surface area contributed by atoms with E-state index in [1.807, 2.05) is 0 Å². The number of methoxy groups -OCH3 is 1. The maximum absolute atomic E-state index is 13.0. The highest BCUT2D eigenvalue weighted by Gasteiger charge is 2.56. The van der Waals surface area contributed by atoms with E-state index >= 15 is 0 Å². The molecule has 0 bridgehead atoms. The Labute approximate surface area is 229 Å². The minimum absolute atomic E-state index is 0.0666. The van der Waals surface area contributed by atoms with Crippen LogP contribution in [0.15, 0.2) is 30.5 Å². The normalized spacial score (nSPS) is 21.9. The van der Waals surface area contributed by atoms with Gasteiger partial charge in [-0.15, -0.1) is 0 Å². The number of nitrogens with one attached hydrogen (secondary N) is 1. The molecule has 5 atom stereocenters. The number of amides is 1. The molecule has 1 aromatic carbocycles. The Bertz CT molecular complexity index is 1310. The van der Waals surface area contributed by atoms with Gasteiger partial charge in [-0.3, -0.25) is 34.6 Å². The first-order chi connectivity index (χ1) is 18.9. The van der Waals surface area contributed by atoms with Crippen molar-refractivity contribution in [3.63, 3.8) is 0 Å². The van der Waals surface area contributed by atoms with Crippen LogP contribution >= 0.6 is 11.3 Å². The van der Waals surface area contributed by atoms with Gasteiger partial charge in [0.15, 0.2) is 23.4 Å². The zero-order valence-electron chi connectivity index (χ0n) is 21.4. The average molecular weight is 582 g/mol. The highest BCUT2D eigenvalue weighted by Crippen LogP contribution is 2.33. The molecule has 0 radical (unpaired) electrons. The van der Waals surface area contributed by atoms with Gasteiger partial charge in [0.05, 0.1) is 17.6 Å². The van der Waals surface area contributed by atoms with Crippen LogP contribution in [0.25, 0.3) is 0 Å². The number of aromatic nitrogens is 1. The molecule has 0 spiro atoms. The smallest absolute Gasteiger partial charge is 0.345 e. The monoisotopic (exact) mass is 581 g/mol. The standard InChI is InChI=1S/C23H23N3O13S/c1-10(27)35-16-17(36-11(2)28)19(37-12(3)29)22(39-18(16)21(31)34-4)38-14-8-6-5-7-13(14)20(30)25-23-24-9-15(40-23)26(32)33/h5-9,16-19,22H,1-4H3,(H,24,25,30)/t16-,17-,18-,19+,22+/m0/s1. The summed E-state index contributed by atoms with van der Waals surface area (Å²) < 4.78 is 32.1. The van der Waals surface area contributed by atoms with Crippen LogP contribution in [0.5, 0.6) is 5.75 Å². The summed E-state index contributed by atoms with van der Waals surface area (Å²) in [5, 5.41) is 13.0. The van der Waals surface area contributed by atoms with Gasteiger partial charge < -0.3 is 28.4 Å². The van der Waals surface area contributed by atoms with Crippen LogP contribution < -0.4 is 10.1 Å². The highest BCUT2D eigenvalue weighted by atomic mass is 32.1. The second-order valence-electron chi connectivity index (χ2n) is 8.00. The zero-order valence-corrected chi connectivity index (χ0v) is 22.2. The number of nitro groups is 1. The van der Waals surface area contributed by atoms with Crippen molar-refractivity contribution in [2.75, 3.05) is 12.4 Å². The van der Waals surface area contributed by atoms with Crippen LogP contribution in [0.1, 0.15) is 31.1 Å². The molecular formula is C23H23N3O13S. The van der Waals surface area contributed by atoms with Gasteiger partial charge in [-0.1, -0.05) is 12.1 Å². The number of hydrogen-bond donors (Lipinski definition) is 1. The molecule has 2 aromatic rings. The molecule has 2 heterocycles. The van der Waals surface area contributed by atoms with Gasteiger partial charge in [-0.2, -0.15) is 0 Å². The molecular weight excluding hydrogens is 558 g/mol. The van der Waals surface area contributed by atoms with Gasteiger partial charge in [0.2, 0.25) is 12.4 Å². The maximum Gasteiger partial charge on any atom is 0.345 e. The fraction of sp³-hybridized carbons (Fsp3) is 0.391. The second kappa shape index (κ2) is 12.9. The first-order valence-electron chi connectivity index (χ1n) is 11.3. The molecule has 17 heteroatoms. The number of nitrogens with zero attached hydrogens (tertiary/aromatic N) is 2. The predicted octanol–water partition coefficient (Wildman–Crippen LogP) is 1.38. The summed E-state index contributed by atoms with van der Waals surface area (Å²) in [6.07, 6.45) is -7.21. The van der Waals surface area contributed by atoms with Crippen LogP contribution in [-0.2, 0) is 42.9 Å². The Morgan fingerprint density at radius 2 is 1.57 bits per heavy atom. The van der Waals surface area contributed by atoms with Gasteiger partial charge in [0, 0.05) is 20.8 Å². The lowest BCUT2D eigenvalue weighted by Gasteiger charge is -2.43. The lowest BCUT2D eigenvalue weighted by Crippen LogP contribution is -2.64. The van der Waals surface area contributed by atoms with Crippen molar-refractivity contribution in [2.24, 2.45) is 0 Å². The van der Waals surface area contributed by atoms with Gasteiger partial charge in [0.25, 0.3) is 5.91 Å². The van der Waals surface area contributed by atoms with Crippen molar-refractivity contribution >= 4 is 51.3 Å². The molecule has 1 saturated heterocycles. The Morgan fingerprint density at radius 1 is 0.975 bits per heavy atom. The third-order valence-corrected chi connectivity index (χ3v) is 5.97. The number of para-hydroxylation sites is 1. The Morgan fingerprint density at radius 3 is 2.15 bits per heavy atom. The van der Waals surface area contributed by atoms with E-state index in [9.17, 15) is 34.1 Å². The number of anilines is 1. The third kappa shape index (κ3) is 7.26. The number of benzene rings is 1. The van der Waals surface area contributed by atoms with E-state index in [4.69, 9.17) is 28.4 Å². The number of ether oxygens (including phenoxy) is 6. The van der Waals surface area contributed by atoms with Crippen LogP contribution in [0.2, 0.25) is 0 Å². The van der Waals surface area contributed by atoms with Crippen LogP contribution in [0, 0.1) is 10.1 Å². The Hall–Kier alpha value is -4.64. The summed E-state index contributed by atoms with van der Waals surface area (Å²) >= 11 is 0.623. The molecule has 16 nitrogen and oxygen atoms in total. The number of carbonyl (C=O) groups excluding carboxylic acids is 5. The third-order valence-electron chi connectivity index (χ3n) is 5.10. The SMILES string of the molecule is COC(=O)[C@H]1O[C@@H](Oc2ccccc2C(=O)Nc2ncc([N+](=O)[O-])s2)[C@H](OC(C)=O)[C@@H](OC(C)=O)[C@@H]1OC(C)=O. The van der Waals surface area contributed by atoms with E-state index in [-0.39, 0.29) is 21.4 Å². The largest absolute Gasteiger partial charge is 0.467 e. The molecule has 1 fully saturated rings. The summed E-state index contributed by atoms with van der Waals surface area (Å²) in [4.78, 5) is 75.4. The summed E-state index contributed by atoms with van der Waals surface area (Å²) in [6, 6.07) is 5.68. The molecule has 1 N–H and O–H groups in total. The van der Waals surface area contributed by atoms with Crippen LogP contribution in [0.4, 0.5) is 10.1 Å². The molecule has 214 valence electrons. The number of carbonyl (C=O) groups is 5. The molecule has 1 aliphatic heterocycles. The van der Waals surface area contributed by atoms with E-state index in [1.54, 1.807) is 0 Å². The van der Waals surface area contributed by atoms with Crippen molar-refractivity contribution in [2.45, 2.75) is 51.5 Å². The first kappa shape index (κ1) is 29.9. The van der Waals surface area contributed by atoms with E-state index in [1.165, 1.54) is 24.3 Å². The minimum atomic E-state index is -1.70. The Balaban J connectivity index is 1.99. The maximum atomic E-state index is 13.0. The zero-order chi connectivity index (χ0) is 29.6. The lowest BCUT2D eigenvalue weighted by atomic mass is 9.97. The molecule has 0 aliphatic carbocycles.